The molecule has 0 aliphatic rings. The molecule has 2 heterocycles. The van der Waals surface area contributed by atoms with E-state index in [0.717, 1.165) is 33.4 Å². The number of aryl methyl sites for hydroxylation is 2. The second kappa shape index (κ2) is 5.70. The molecule has 0 amide bonds. The Morgan fingerprint density at radius 3 is 2.60 bits per heavy atom. The van der Waals surface area contributed by atoms with Crippen molar-refractivity contribution in [1.82, 2.24) is 14.8 Å². The van der Waals surface area contributed by atoms with E-state index in [1.165, 1.54) is 13.2 Å². The molecule has 4 aromatic rings. The summed E-state index contributed by atoms with van der Waals surface area (Å²) in [5.41, 5.74) is 3.79. The van der Waals surface area contributed by atoms with Gasteiger partial charge in [0, 0.05) is 22.5 Å². The highest BCUT2D eigenvalue weighted by atomic mass is 35.5. The van der Waals surface area contributed by atoms with Crippen LogP contribution in [0.4, 0.5) is 4.39 Å². The van der Waals surface area contributed by atoms with E-state index in [1.807, 2.05) is 38.1 Å². The first kappa shape index (κ1) is 15.8. The lowest BCUT2D eigenvalue weighted by Crippen LogP contribution is -1.99. The summed E-state index contributed by atoms with van der Waals surface area (Å²) in [6.07, 6.45) is 0. The molecule has 0 saturated heterocycles. The highest BCUT2D eigenvalue weighted by Gasteiger charge is 2.19. The monoisotopic (exact) mass is 355 g/mol. The fourth-order valence-electron chi connectivity index (χ4n) is 3.23. The van der Waals surface area contributed by atoms with Crippen LogP contribution in [0.2, 0.25) is 5.02 Å². The molecule has 4 nitrogen and oxygen atoms in total. The summed E-state index contributed by atoms with van der Waals surface area (Å²) < 4.78 is 21.1. The highest BCUT2D eigenvalue weighted by Crippen LogP contribution is 2.35. The van der Waals surface area contributed by atoms with E-state index >= 15 is 0 Å². The Balaban J connectivity index is 2.22. The number of ether oxygens (including phenoxy) is 1. The lowest BCUT2D eigenvalue weighted by Gasteiger charge is -2.10. The van der Waals surface area contributed by atoms with Crippen molar-refractivity contribution in [2.75, 3.05) is 7.11 Å². The van der Waals surface area contributed by atoms with E-state index in [-0.39, 0.29) is 5.75 Å². The Morgan fingerprint density at radius 1 is 1.12 bits per heavy atom. The van der Waals surface area contributed by atoms with Gasteiger partial charge in [0.1, 0.15) is 0 Å². The van der Waals surface area contributed by atoms with Crippen LogP contribution < -0.4 is 4.74 Å². The largest absolute Gasteiger partial charge is 0.494 e. The van der Waals surface area contributed by atoms with E-state index < -0.39 is 5.82 Å². The quantitative estimate of drug-likeness (QED) is 0.508. The first-order valence-corrected chi connectivity index (χ1v) is 8.17. The molecule has 6 heteroatoms. The van der Waals surface area contributed by atoms with Crippen LogP contribution in [-0.2, 0) is 0 Å². The first-order valence-electron chi connectivity index (χ1n) is 7.79. The molecular weight excluding hydrogens is 341 g/mol. The summed E-state index contributed by atoms with van der Waals surface area (Å²) in [6, 6.07) is 10.5. The summed E-state index contributed by atoms with van der Waals surface area (Å²) in [6.45, 7) is 3.83. The zero-order valence-corrected chi connectivity index (χ0v) is 14.7. The number of rotatable bonds is 2. The molecule has 0 N–H and O–H groups in total. The number of pyridine rings is 1. The van der Waals surface area contributed by atoms with Gasteiger partial charge in [-0.15, -0.1) is 0 Å². The molecule has 0 saturated carbocycles. The Bertz CT molecular complexity index is 1140. The van der Waals surface area contributed by atoms with Gasteiger partial charge in [0.2, 0.25) is 0 Å². The molecule has 0 atom stereocenters. The van der Waals surface area contributed by atoms with Gasteiger partial charge in [0.25, 0.3) is 0 Å². The Kier molecular flexibility index (Phi) is 3.62. The number of hydrogen-bond acceptors (Lipinski definition) is 3. The average Bonchev–Trinajstić information content (AvgIpc) is 2.93. The molecule has 0 aliphatic carbocycles. The van der Waals surface area contributed by atoms with Crippen LogP contribution in [0.3, 0.4) is 0 Å². The summed E-state index contributed by atoms with van der Waals surface area (Å²) >= 11 is 6.38. The number of aromatic nitrogens is 3. The van der Waals surface area contributed by atoms with Crippen molar-refractivity contribution in [2.45, 2.75) is 13.8 Å². The second-order valence-corrected chi connectivity index (χ2v) is 6.28. The predicted molar refractivity (Wildman–Crippen MR) is 97.4 cm³/mol. The van der Waals surface area contributed by atoms with E-state index in [0.29, 0.717) is 10.5 Å². The van der Waals surface area contributed by atoms with Gasteiger partial charge in [0.15, 0.2) is 11.6 Å². The van der Waals surface area contributed by atoms with Crippen LogP contribution in [0, 0.1) is 19.7 Å². The van der Waals surface area contributed by atoms with Crippen molar-refractivity contribution >= 4 is 33.4 Å². The van der Waals surface area contributed by atoms with Crippen molar-refractivity contribution in [1.29, 1.82) is 0 Å². The lowest BCUT2D eigenvalue weighted by atomic mass is 10.1. The van der Waals surface area contributed by atoms with Gasteiger partial charge in [-0.2, -0.15) is 5.10 Å². The summed E-state index contributed by atoms with van der Waals surface area (Å²) in [7, 11) is 1.44. The fourth-order valence-corrected chi connectivity index (χ4v) is 3.44. The Labute approximate surface area is 148 Å². The molecule has 0 bridgehead atoms. The van der Waals surface area contributed by atoms with Crippen molar-refractivity contribution < 1.29 is 9.13 Å². The van der Waals surface area contributed by atoms with Crippen LogP contribution in [0.15, 0.2) is 36.4 Å². The average molecular weight is 356 g/mol. The molecule has 2 aromatic carbocycles. The minimum atomic E-state index is -0.443. The molecule has 0 spiro atoms. The third-order valence-corrected chi connectivity index (χ3v) is 4.64. The van der Waals surface area contributed by atoms with Gasteiger partial charge in [-0.3, -0.25) is 4.98 Å². The van der Waals surface area contributed by atoms with E-state index in [9.17, 15) is 4.39 Å². The van der Waals surface area contributed by atoms with Gasteiger partial charge >= 0.3 is 0 Å². The van der Waals surface area contributed by atoms with E-state index in [2.05, 4.69) is 10.1 Å². The third kappa shape index (κ3) is 2.35. The molecule has 0 radical (unpaired) electrons. The number of halogens is 2. The highest BCUT2D eigenvalue weighted by molar-refractivity contribution is 6.32. The zero-order chi connectivity index (χ0) is 17.7. The normalized spacial score (nSPS) is 11.4. The van der Waals surface area contributed by atoms with Crippen LogP contribution in [0.25, 0.3) is 27.5 Å². The van der Waals surface area contributed by atoms with Crippen molar-refractivity contribution in [2.24, 2.45) is 0 Å². The maximum absolute atomic E-state index is 14.1. The summed E-state index contributed by atoms with van der Waals surface area (Å²) in [5.74, 6) is -0.272. The van der Waals surface area contributed by atoms with Crippen molar-refractivity contribution in [3.63, 3.8) is 0 Å². The maximum Gasteiger partial charge on any atom is 0.167 e. The van der Waals surface area contributed by atoms with E-state index in [4.69, 9.17) is 16.3 Å². The van der Waals surface area contributed by atoms with E-state index in [1.54, 1.807) is 10.7 Å². The SMILES string of the molecule is COc1cc2c(cc1F)nc(C)c1c(C)nn(-c3ccccc3Cl)c12. The van der Waals surface area contributed by atoms with Crippen LogP contribution in [-0.4, -0.2) is 21.9 Å². The number of nitrogens with zero attached hydrogens (tertiary/aromatic N) is 3. The number of methoxy groups -OCH3 is 1. The van der Waals surface area contributed by atoms with Crippen molar-refractivity contribution in [3.8, 4) is 11.4 Å². The van der Waals surface area contributed by atoms with Crippen LogP contribution in [0.5, 0.6) is 5.75 Å². The standard InChI is InChI=1S/C19H15ClFN3O/c1-10-18-11(2)23-24(16-7-5-4-6-13(16)20)19(18)12-8-17(25-3)14(21)9-15(12)22-10/h4-9H,1-3H3. The number of hydrogen-bond donors (Lipinski definition) is 0. The molecule has 126 valence electrons. The molecule has 2 aromatic heterocycles. The van der Waals surface area contributed by atoms with Crippen LogP contribution >= 0.6 is 11.6 Å². The van der Waals surface area contributed by atoms with Gasteiger partial charge < -0.3 is 4.74 Å². The lowest BCUT2D eigenvalue weighted by molar-refractivity contribution is 0.387. The van der Waals surface area contributed by atoms with Gasteiger partial charge in [0.05, 0.1) is 34.5 Å². The number of fused-ring (bicyclic) bond motifs is 3. The maximum atomic E-state index is 14.1. The number of para-hydroxylation sites is 1. The topological polar surface area (TPSA) is 39.9 Å². The minimum Gasteiger partial charge on any atom is -0.494 e. The smallest absolute Gasteiger partial charge is 0.167 e. The molecule has 0 aliphatic heterocycles. The molecule has 4 rings (SSSR count). The predicted octanol–water partition coefficient (Wildman–Crippen LogP) is 4.99. The van der Waals surface area contributed by atoms with Gasteiger partial charge in [-0.1, -0.05) is 23.7 Å². The summed E-state index contributed by atoms with van der Waals surface area (Å²) in [4.78, 5) is 4.55. The second-order valence-electron chi connectivity index (χ2n) is 5.87. The molecule has 25 heavy (non-hydrogen) atoms. The van der Waals surface area contributed by atoms with Crippen molar-refractivity contribution in [3.05, 3.63) is 58.6 Å². The minimum absolute atomic E-state index is 0.170. The molecule has 0 fully saturated rings. The first-order chi connectivity index (χ1) is 12.0. The third-order valence-electron chi connectivity index (χ3n) is 4.32. The zero-order valence-electron chi connectivity index (χ0n) is 14.0. The molecule has 0 unspecified atom stereocenters. The van der Waals surface area contributed by atoms with Gasteiger partial charge in [-0.25, -0.2) is 9.07 Å². The fraction of sp³-hybridized carbons (Fsp3) is 0.158. The Hall–Kier alpha value is -2.66. The van der Waals surface area contributed by atoms with Crippen LogP contribution in [0.1, 0.15) is 11.4 Å². The van der Waals surface area contributed by atoms with Gasteiger partial charge in [-0.05, 0) is 32.0 Å². The summed E-state index contributed by atoms with van der Waals surface area (Å²) in [5, 5.41) is 6.95. The number of benzene rings is 2. The molecular formula is C19H15ClFN3O. The Morgan fingerprint density at radius 2 is 1.88 bits per heavy atom.